The van der Waals surface area contributed by atoms with Crippen molar-refractivity contribution in [3.05, 3.63) is 35.4 Å². The number of fused-ring (bicyclic) bond motifs is 1. The van der Waals surface area contributed by atoms with E-state index in [1.54, 1.807) is 49.9 Å². The minimum Gasteiger partial charge on any atom is -0.444 e. The minimum absolute atomic E-state index is 0.131. The Balaban J connectivity index is 1.41. The van der Waals surface area contributed by atoms with E-state index in [0.717, 1.165) is 4.90 Å². The molecule has 2 aliphatic heterocycles. The number of ether oxygens (including phenoxy) is 1. The highest BCUT2D eigenvalue weighted by Gasteiger charge is 2.40. The van der Waals surface area contributed by atoms with Crippen LogP contribution in [0.25, 0.3) is 0 Å². The van der Waals surface area contributed by atoms with Crippen LogP contribution in [0.1, 0.15) is 61.3 Å². The van der Waals surface area contributed by atoms with Gasteiger partial charge in [-0.1, -0.05) is 12.1 Å². The Bertz CT molecular complexity index is 943. The summed E-state index contributed by atoms with van der Waals surface area (Å²) in [6.07, 6.45) is 0.755. The molecule has 5 amide bonds. The van der Waals surface area contributed by atoms with E-state index < -0.39 is 35.5 Å². The Hall–Kier alpha value is -3.43. The number of nitrogens with one attached hydrogen (secondary N) is 2. The predicted octanol–water partition coefficient (Wildman–Crippen LogP) is 1.55. The van der Waals surface area contributed by atoms with Crippen LogP contribution in [0.3, 0.4) is 0 Å². The molecule has 1 saturated heterocycles. The van der Waals surface area contributed by atoms with Gasteiger partial charge in [0.2, 0.25) is 11.8 Å². The van der Waals surface area contributed by atoms with E-state index in [1.807, 2.05) is 0 Å². The number of piperidine rings is 1. The Morgan fingerprint density at radius 2 is 1.59 bits per heavy atom. The van der Waals surface area contributed by atoms with Gasteiger partial charge in [0.25, 0.3) is 11.8 Å². The first-order valence-electron chi connectivity index (χ1n) is 11.5. The zero-order valence-corrected chi connectivity index (χ0v) is 20.1. The quantitative estimate of drug-likeness (QED) is 0.605. The fourth-order valence-corrected chi connectivity index (χ4v) is 4.03. The van der Waals surface area contributed by atoms with Crippen LogP contribution < -0.4 is 10.6 Å². The monoisotopic (exact) mass is 472 g/mol. The largest absolute Gasteiger partial charge is 0.444 e. The second-order valence-electron chi connectivity index (χ2n) is 9.63. The molecule has 1 fully saturated rings. The molecule has 10 heteroatoms. The number of nitrogens with zero attached hydrogens (tertiary/aromatic N) is 2. The van der Waals surface area contributed by atoms with Crippen molar-refractivity contribution in [1.82, 2.24) is 20.4 Å². The van der Waals surface area contributed by atoms with E-state index in [2.05, 4.69) is 10.6 Å². The van der Waals surface area contributed by atoms with Crippen LogP contribution in [0.15, 0.2) is 24.3 Å². The van der Waals surface area contributed by atoms with Gasteiger partial charge >= 0.3 is 6.09 Å². The first kappa shape index (κ1) is 25.2. The van der Waals surface area contributed by atoms with Crippen LogP contribution >= 0.6 is 0 Å². The second-order valence-corrected chi connectivity index (χ2v) is 9.63. The highest BCUT2D eigenvalue weighted by molar-refractivity contribution is 6.22. The first-order valence-corrected chi connectivity index (χ1v) is 11.5. The molecule has 1 atom stereocenters. The molecule has 10 nitrogen and oxygen atoms in total. The standard InChI is InChI=1S/C24H32N4O6/c1-15(28-21(31)17-7-5-6-8-18(17)22(28)32)20(30)25-13-16-9-11-27(12-10-16)19(29)14-26-23(33)34-24(2,3)4/h5-8,15-16H,9-14H2,1-4H3,(H,25,30)(H,26,33). The topological polar surface area (TPSA) is 125 Å². The van der Waals surface area contributed by atoms with Gasteiger partial charge < -0.3 is 20.3 Å². The molecule has 0 bridgehead atoms. The van der Waals surface area contributed by atoms with Gasteiger partial charge in [-0.15, -0.1) is 0 Å². The molecule has 2 N–H and O–H groups in total. The van der Waals surface area contributed by atoms with Gasteiger partial charge in [-0.3, -0.25) is 24.1 Å². The number of benzene rings is 1. The lowest BCUT2D eigenvalue weighted by Crippen LogP contribution is -2.50. The summed E-state index contributed by atoms with van der Waals surface area (Å²) in [6, 6.07) is 5.61. The van der Waals surface area contributed by atoms with Crippen molar-refractivity contribution in [2.45, 2.75) is 52.2 Å². The lowest BCUT2D eigenvalue weighted by atomic mass is 9.96. The van der Waals surface area contributed by atoms with Gasteiger partial charge in [0, 0.05) is 19.6 Å². The number of carbonyl (C=O) groups is 5. The van der Waals surface area contributed by atoms with E-state index in [4.69, 9.17) is 4.74 Å². The molecular weight excluding hydrogens is 440 g/mol. The third-order valence-corrected chi connectivity index (χ3v) is 5.91. The summed E-state index contributed by atoms with van der Waals surface area (Å²) in [4.78, 5) is 64.6. The molecule has 0 saturated carbocycles. The third kappa shape index (κ3) is 5.92. The number of likely N-dealkylation sites (tertiary alicyclic amines) is 1. The second kappa shape index (κ2) is 10.2. The number of hydrogen-bond donors (Lipinski definition) is 2. The zero-order valence-electron chi connectivity index (χ0n) is 20.1. The first-order chi connectivity index (χ1) is 16.0. The van der Waals surface area contributed by atoms with Crippen LogP contribution in [-0.2, 0) is 14.3 Å². The normalized spacial score (nSPS) is 17.3. The minimum atomic E-state index is -0.923. The van der Waals surface area contributed by atoms with Crippen molar-refractivity contribution in [1.29, 1.82) is 0 Å². The molecule has 1 unspecified atom stereocenters. The van der Waals surface area contributed by atoms with Crippen molar-refractivity contribution >= 4 is 29.7 Å². The fraction of sp³-hybridized carbons (Fsp3) is 0.542. The van der Waals surface area contributed by atoms with Crippen LogP contribution in [0.4, 0.5) is 4.79 Å². The molecule has 0 spiro atoms. The predicted molar refractivity (Wildman–Crippen MR) is 123 cm³/mol. The maximum Gasteiger partial charge on any atom is 0.408 e. The average molecular weight is 473 g/mol. The van der Waals surface area contributed by atoms with Crippen molar-refractivity contribution < 1.29 is 28.7 Å². The third-order valence-electron chi connectivity index (χ3n) is 5.91. The molecule has 0 aromatic heterocycles. The molecule has 1 aromatic rings. The van der Waals surface area contributed by atoms with Gasteiger partial charge in [-0.05, 0) is 58.6 Å². The number of amides is 5. The molecule has 2 heterocycles. The summed E-state index contributed by atoms with van der Waals surface area (Å²) in [7, 11) is 0. The smallest absolute Gasteiger partial charge is 0.408 e. The number of rotatable bonds is 6. The van der Waals surface area contributed by atoms with E-state index >= 15 is 0 Å². The van der Waals surface area contributed by atoms with Crippen molar-refractivity contribution in [2.24, 2.45) is 5.92 Å². The number of imide groups is 1. The molecule has 0 radical (unpaired) electrons. The zero-order chi connectivity index (χ0) is 25.0. The lowest BCUT2D eigenvalue weighted by Gasteiger charge is -2.32. The van der Waals surface area contributed by atoms with Gasteiger partial charge in [-0.25, -0.2) is 4.79 Å². The van der Waals surface area contributed by atoms with Crippen molar-refractivity contribution in [2.75, 3.05) is 26.2 Å². The Morgan fingerprint density at radius 3 is 2.12 bits per heavy atom. The van der Waals surface area contributed by atoms with Gasteiger partial charge in [0.1, 0.15) is 18.2 Å². The highest BCUT2D eigenvalue weighted by Crippen LogP contribution is 2.24. The van der Waals surface area contributed by atoms with E-state index in [0.29, 0.717) is 43.6 Å². The van der Waals surface area contributed by atoms with Crippen LogP contribution in [0, 0.1) is 5.92 Å². The van der Waals surface area contributed by atoms with E-state index in [1.165, 1.54) is 6.92 Å². The van der Waals surface area contributed by atoms with E-state index in [9.17, 15) is 24.0 Å². The lowest BCUT2D eigenvalue weighted by molar-refractivity contribution is -0.132. The molecule has 0 aliphatic carbocycles. The maximum atomic E-state index is 12.7. The van der Waals surface area contributed by atoms with Crippen molar-refractivity contribution in [3.8, 4) is 0 Å². The van der Waals surface area contributed by atoms with Crippen molar-refractivity contribution in [3.63, 3.8) is 0 Å². The Kier molecular flexibility index (Phi) is 7.58. The summed E-state index contributed by atoms with van der Waals surface area (Å²) < 4.78 is 5.13. The molecule has 184 valence electrons. The van der Waals surface area contributed by atoms with Crippen LogP contribution in [0.2, 0.25) is 0 Å². The maximum absolute atomic E-state index is 12.7. The van der Waals surface area contributed by atoms with Crippen LogP contribution in [-0.4, -0.2) is 77.3 Å². The average Bonchev–Trinajstić information content (AvgIpc) is 3.04. The number of hydrogen-bond acceptors (Lipinski definition) is 6. The summed E-state index contributed by atoms with van der Waals surface area (Å²) in [6.45, 7) is 8.08. The van der Waals surface area contributed by atoms with Gasteiger partial charge in [-0.2, -0.15) is 0 Å². The van der Waals surface area contributed by atoms with E-state index in [-0.39, 0.29) is 18.4 Å². The molecule has 2 aliphatic rings. The number of alkyl carbamates (subject to hydrolysis) is 1. The number of carbonyl (C=O) groups excluding carboxylic acids is 5. The molecule has 34 heavy (non-hydrogen) atoms. The molecule has 1 aromatic carbocycles. The van der Waals surface area contributed by atoms with Crippen LogP contribution in [0.5, 0.6) is 0 Å². The van der Waals surface area contributed by atoms with Gasteiger partial charge in [0.05, 0.1) is 11.1 Å². The summed E-state index contributed by atoms with van der Waals surface area (Å²) in [5.74, 6) is -1.34. The summed E-state index contributed by atoms with van der Waals surface area (Å²) in [5, 5.41) is 5.31. The Morgan fingerprint density at radius 1 is 1.03 bits per heavy atom. The SMILES string of the molecule is CC(C(=O)NCC1CCN(C(=O)CNC(=O)OC(C)(C)C)CC1)N1C(=O)c2ccccc2C1=O. The summed E-state index contributed by atoms with van der Waals surface area (Å²) >= 11 is 0. The summed E-state index contributed by atoms with van der Waals surface area (Å²) in [5.41, 5.74) is -0.0112. The highest BCUT2D eigenvalue weighted by atomic mass is 16.6. The fourth-order valence-electron chi connectivity index (χ4n) is 4.03. The Labute approximate surface area is 199 Å². The molecule has 3 rings (SSSR count). The van der Waals surface area contributed by atoms with Gasteiger partial charge in [0.15, 0.2) is 0 Å². The molecular formula is C24H32N4O6.